The van der Waals surface area contributed by atoms with Crippen molar-refractivity contribution in [3.05, 3.63) is 53.3 Å². The summed E-state index contributed by atoms with van der Waals surface area (Å²) in [6.07, 6.45) is 2.05. The molecule has 1 saturated heterocycles. The van der Waals surface area contributed by atoms with Gasteiger partial charge in [-0.3, -0.25) is 4.90 Å². The number of aromatic nitrogens is 4. The lowest BCUT2D eigenvalue weighted by Gasteiger charge is -2.31. The fraction of sp³-hybridized carbons (Fsp3) is 0.368. The van der Waals surface area contributed by atoms with Crippen LogP contribution in [0.3, 0.4) is 0 Å². The molecule has 0 radical (unpaired) electrons. The summed E-state index contributed by atoms with van der Waals surface area (Å²) >= 11 is 0. The zero-order valence-corrected chi connectivity index (χ0v) is 14.7. The first-order valence-electron chi connectivity index (χ1n) is 8.74. The number of hydrogen-bond acceptors (Lipinski definition) is 6. The van der Waals surface area contributed by atoms with Gasteiger partial charge in [-0.05, 0) is 49.7 Å². The van der Waals surface area contributed by atoms with Crippen LogP contribution in [0.4, 0.5) is 0 Å². The number of methoxy groups -OCH3 is 1. The van der Waals surface area contributed by atoms with E-state index in [4.69, 9.17) is 10.00 Å². The number of piperidine rings is 1. The van der Waals surface area contributed by atoms with Gasteiger partial charge < -0.3 is 4.74 Å². The number of ether oxygens (including phenoxy) is 1. The normalized spacial score (nSPS) is 15.8. The molecule has 2 aromatic heterocycles. The van der Waals surface area contributed by atoms with Gasteiger partial charge in [0, 0.05) is 18.5 Å². The Morgan fingerprint density at radius 1 is 1.12 bits per heavy atom. The molecule has 0 aliphatic carbocycles. The summed E-state index contributed by atoms with van der Waals surface area (Å²) in [5.74, 6) is 1.83. The molecule has 0 bridgehead atoms. The Hall–Kier alpha value is -2.98. The van der Waals surface area contributed by atoms with Gasteiger partial charge in [-0.25, -0.2) is 0 Å². The van der Waals surface area contributed by atoms with Crippen molar-refractivity contribution in [2.24, 2.45) is 0 Å². The van der Waals surface area contributed by atoms with Gasteiger partial charge in [0.2, 0.25) is 5.88 Å². The minimum Gasteiger partial charge on any atom is -0.480 e. The summed E-state index contributed by atoms with van der Waals surface area (Å²) in [4.78, 5) is 2.44. The van der Waals surface area contributed by atoms with Crippen molar-refractivity contribution in [3.63, 3.8) is 0 Å². The molecular formula is C19H20N6O. The summed E-state index contributed by atoms with van der Waals surface area (Å²) < 4.78 is 7.02. The maximum atomic E-state index is 8.89. The smallest absolute Gasteiger partial charge is 0.231 e. The van der Waals surface area contributed by atoms with Crippen LogP contribution in [0.25, 0.3) is 5.65 Å². The Kier molecular flexibility index (Phi) is 4.50. The molecule has 0 saturated carbocycles. The molecule has 0 unspecified atom stereocenters. The van der Waals surface area contributed by atoms with Gasteiger partial charge in [-0.1, -0.05) is 12.1 Å². The second-order valence-corrected chi connectivity index (χ2v) is 6.56. The van der Waals surface area contributed by atoms with Crippen LogP contribution in [0.2, 0.25) is 0 Å². The van der Waals surface area contributed by atoms with Crippen molar-refractivity contribution in [1.29, 1.82) is 5.26 Å². The van der Waals surface area contributed by atoms with E-state index in [0.717, 1.165) is 43.9 Å². The molecule has 7 nitrogen and oxygen atoms in total. The van der Waals surface area contributed by atoms with Gasteiger partial charge in [-0.15, -0.1) is 15.3 Å². The highest BCUT2D eigenvalue weighted by atomic mass is 16.5. The number of benzene rings is 1. The molecule has 3 aromatic rings. The van der Waals surface area contributed by atoms with Crippen LogP contribution in [0.5, 0.6) is 5.88 Å². The van der Waals surface area contributed by atoms with E-state index in [1.165, 1.54) is 5.56 Å². The third-order valence-corrected chi connectivity index (χ3v) is 4.91. The average molecular weight is 348 g/mol. The topological polar surface area (TPSA) is 79.3 Å². The van der Waals surface area contributed by atoms with Gasteiger partial charge in [0.25, 0.3) is 0 Å². The monoisotopic (exact) mass is 348 g/mol. The van der Waals surface area contributed by atoms with E-state index < -0.39 is 0 Å². The van der Waals surface area contributed by atoms with Crippen molar-refractivity contribution in [1.82, 2.24) is 24.7 Å². The Morgan fingerprint density at radius 2 is 1.88 bits per heavy atom. The Morgan fingerprint density at radius 3 is 2.58 bits per heavy atom. The molecule has 0 atom stereocenters. The van der Waals surface area contributed by atoms with Crippen molar-refractivity contribution in [2.75, 3.05) is 20.2 Å². The first kappa shape index (κ1) is 16.5. The second-order valence-electron chi connectivity index (χ2n) is 6.56. The highest BCUT2D eigenvalue weighted by Crippen LogP contribution is 2.28. The minimum atomic E-state index is 0.349. The van der Waals surface area contributed by atoms with Crippen LogP contribution in [-0.2, 0) is 6.54 Å². The van der Waals surface area contributed by atoms with Gasteiger partial charge in [-0.2, -0.15) is 9.78 Å². The van der Waals surface area contributed by atoms with Crippen molar-refractivity contribution in [3.8, 4) is 11.9 Å². The highest BCUT2D eigenvalue weighted by Gasteiger charge is 2.25. The standard InChI is InChI=1S/C19H20N6O/c1-26-18-7-6-17-21-22-19(25(17)23-18)16-8-10-24(11-9-16)13-15-4-2-14(12-20)3-5-15/h2-7,16H,8-11,13H2,1H3. The van der Waals surface area contributed by atoms with E-state index in [0.29, 0.717) is 17.4 Å². The summed E-state index contributed by atoms with van der Waals surface area (Å²) in [5, 5.41) is 21.9. The van der Waals surface area contributed by atoms with Crippen LogP contribution < -0.4 is 4.74 Å². The average Bonchev–Trinajstić information content (AvgIpc) is 3.12. The predicted octanol–water partition coefficient (Wildman–Crippen LogP) is 2.38. The Bertz CT molecular complexity index is 935. The Balaban J connectivity index is 1.42. The zero-order valence-electron chi connectivity index (χ0n) is 14.7. The van der Waals surface area contributed by atoms with E-state index in [2.05, 4.69) is 26.3 Å². The van der Waals surface area contributed by atoms with Gasteiger partial charge in [0.05, 0.1) is 18.7 Å². The van der Waals surface area contributed by atoms with Crippen LogP contribution in [0.1, 0.15) is 35.7 Å². The second kappa shape index (κ2) is 7.10. The molecular weight excluding hydrogens is 328 g/mol. The SMILES string of the molecule is COc1ccc2nnc(C3CCN(Cc4ccc(C#N)cc4)CC3)n2n1. The number of likely N-dealkylation sites (tertiary alicyclic amines) is 1. The lowest BCUT2D eigenvalue weighted by Crippen LogP contribution is -2.33. The lowest BCUT2D eigenvalue weighted by atomic mass is 9.95. The molecule has 1 fully saturated rings. The van der Waals surface area contributed by atoms with Gasteiger partial charge >= 0.3 is 0 Å². The van der Waals surface area contributed by atoms with Gasteiger partial charge in [0.1, 0.15) is 0 Å². The van der Waals surface area contributed by atoms with Gasteiger partial charge in [0.15, 0.2) is 11.5 Å². The van der Waals surface area contributed by atoms with E-state index in [1.54, 1.807) is 17.7 Å². The van der Waals surface area contributed by atoms with Crippen molar-refractivity contribution >= 4 is 5.65 Å². The fourth-order valence-corrected chi connectivity index (χ4v) is 3.44. The summed E-state index contributed by atoms with van der Waals surface area (Å²) in [6.45, 7) is 2.91. The largest absolute Gasteiger partial charge is 0.480 e. The number of fused-ring (bicyclic) bond motifs is 1. The predicted molar refractivity (Wildman–Crippen MR) is 95.7 cm³/mol. The molecule has 1 aliphatic heterocycles. The molecule has 0 N–H and O–H groups in total. The maximum absolute atomic E-state index is 8.89. The lowest BCUT2D eigenvalue weighted by molar-refractivity contribution is 0.200. The maximum Gasteiger partial charge on any atom is 0.231 e. The molecule has 26 heavy (non-hydrogen) atoms. The molecule has 0 spiro atoms. The Labute approximate surface area is 151 Å². The quantitative estimate of drug-likeness (QED) is 0.720. The number of hydrogen-bond donors (Lipinski definition) is 0. The third kappa shape index (κ3) is 3.24. The molecule has 7 heteroatoms. The van der Waals surface area contributed by atoms with Crippen LogP contribution in [0.15, 0.2) is 36.4 Å². The third-order valence-electron chi connectivity index (χ3n) is 4.91. The van der Waals surface area contributed by atoms with Crippen LogP contribution in [-0.4, -0.2) is 44.9 Å². The molecule has 4 rings (SSSR count). The van der Waals surface area contributed by atoms with E-state index in [9.17, 15) is 0 Å². The van der Waals surface area contributed by atoms with Crippen LogP contribution in [0, 0.1) is 11.3 Å². The first-order valence-corrected chi connectivity index (χ1v) is 8.74. The molecule has 132 valence electrons. The molecule has 0 amide bonds. The summed E-state index contributed by atoms with van der Waals surface area (Å²) in [5.41, 5.74) is 2.69. The number of nitriles is 1. The number of rotatable bonds is 4. The molecule has 3 heterocycles. The minimum absolute atomic E-state index is 0.349. The summed E-state index contributed by atoms with van der Waals surface area (Å²) in [6, 6.07) is 13.7. The van der Waals surface area contributed by atoms with Crippen molar-refractivity contribution in [2.45, 2.75) is 25.3 Å². The van der Waals surface area contributed by atoms with Crippen molar-refractivity contribution < 1.29 is 4.74 Å². The van der Waals surface area contributed by atoms with E-state index in [1.807, 2.05) is 30.3 Å². The molecule has 1 aromatic carbocycles. The fourth-order valence-electron chi connectivity index (χ4n) is 3.44. The molecule has 1 aliphatic rings. The van der Waals surface area contributed by atoms with E-state index in [-0.39, 0.29) is 0 Å². The highest BCUT2D eigenvalue weighted by molar-refractivity contribution is 5.38. The van der Waals surface area contributed by atoms with E-state index >= 15 is 0 Å². The van der Waals surface area contributed by atoms with Crippen LogP contribution >= 0.6 is 0 Å². The number of nitrogens with zero attached hydrogens (tertiary/aromatic N) is 6. The first-order chi connectivity index (χ1) is 12.8. The summed E-state index contributed by atoms with van der Waals surface area (Å²) in [7, 11) is 1.61. The zero-order chi connectivity index (χ0) is 17.9.